The van der Waals surface area contributed by atoms with Crippen molar-refractivity contribution in [2.75, 3.05) is 5.32 Å². The van der Waals surface area contributed by atoms with Crippen LogP contribution < -0.4 is 5.32 Å². The van der Waals surface area contributed by atoms with Crippen LogP contribution in [0.3, 0.4) is 0 Å². The van der Waals surface area contributed by atoms with Crippen molar-refractivity contribution in [1.82, 2.24) is 0 Å². The number of hydrogen-bond acceptors (Lipinski definition) is 2. The second-order valence-electron chi connectivity index (χ2n) is 7.59. The van der Waals surface area contributed by atoms with Gasteiger partial charge < -0.3 is 5.32 Å². The topological polar surface area (TPSA) is 24.4 Å². The minimum absolute atomic E-state index is 0.966. The first-order valence-electron chi connectivity index (χ1n) is 9.91. The number of rotatable bonds is 3. The summed E-state index contributed by atoms with van der Waals surface area (Å²) in [6.45, 7) is 4.20. The summed E-state index contributed by atoms with van der Waals surface area (Å²) in [5, 5.41) is 6.09. The summed E-state index contributed by atoms with van der Waals surface area (Å²) in [4.78, 5) is 4.99. The average Bonchev–Trinajstić information content (AvgIpc) is 2.74. The van der Waals surface area contributed by atoms with Gasteiger partial charge in [0, 0.05) is 22.3 Å². The highest BCUT2D eigenvalue weighted by molar-refractivity contribution is 6.26. The lowest BCUT2D eigenvalue weighted by Gasteiger charge is -2.20. The molecule has 140 valence electrons. The van der Waals surface area contributed by atoms with E-state index in [0.29, 0.717) is 0 Å². The number of hydrogen-bond donors (Lipinski definition) is 1. The highest BCUT2D eigenvalue weighted by atomic mass is 14.9. The zero-order valence-electron chi connectivity index (χ0n) is 16.6. The molecule has 0 saturated carbocycles. The van der Waals surface area contributed by atoms with Crippen LogP contribution in [0.25, 0.3) is 16.8 Å². The van der Waals surface area contributed by atoms with E-state index in [2.05, 4.69) is 110 Å². The van der Waals surface area contributed by atoms with Crippen LogP contribution in [-0.4, -0.2) is 5.71 Å². The first-order valence-corrected chi connectivity index (χ1v) is 9.91. The second-order valence-corrected chi connectivity index (χ2v) is 7.59. The quantitative estimate of drug-likeness (QED) is 0.398. The third-order valence-corrected chi connectivity index (χ3v) is 5.37. The van der Waals surface area contributed by atoms with Crippen molar-refractivity contribution < 1.29 is 0 Å². The van der Waals surface area contributed by atoms with Gasteiger partial charge in [-0.25, -0.2) is 4.99 Å². The van der Waals surface area contributed by atoms with E-state index in [-0.39, 0.29) is 0 Å². The lowest BCUT2D eigenvalue weighted by Crippen LogP contribution is -2.07. The summed E-state index contributed by atoms with van der Waals surface area (Å²) in [5.74, 6) is 0. The molecule has 4 aromatic rings. The number of benzene rings is 4. The Hall–Kier alpha value is -3.65. The highest BCUT2D eigenvalue weighted by Gasteiger charge is 2.18. The average molecular weight is 374 g/mol. The van der Waals surface area contributed by atoms with Crippen LogP contribution in [-0.2, 0) is 0 Å². The van der Waals surface area contributed by atoms with Gasteiger partial charge in [0.2, 0.25) is 0 Å². The zero-order chi connectivity index (χ0) is 19.8. The van der Waals surface area contributed by atoms with Gasteiger partial charge in [-0.05, 0) is 61.2 Å². The van der Waals surface area contributed by atoms with Crippen molar-refractivity contribution in [1.29, 1.82) is 0 Å². The molecule has 1 N–H and O–H groups in total. The van der Waals surface area contributed by atoms with Gasteiger partial charge in [0.25, 0.3) is 0 Å². The standard InChI is InChI=1S/C27H22N2/c1-18-6-12-22(13-7-18)28-24-16-10-20-4-3-5-21-11-17-25(27(24)26(20)21)29-23-14-8-19(2)9-15-23/h3-17,28H,1-2H3. The molecule has 0 aromatic heterocycles. The third kappa shape index (κ3) is 3.34. The first-order chi connectivity index (χ1) is 14.2. The largest absolute Gasteiger partial charge is 0.355 e. The van der Waals surface area contributed by atoms with Crippen LogP contribution in [0.2, 0.25) is 0 Å². The van der Waals surface area contributed by atoms with Crippen molar-refractivity contribution >= 4 is 39.6 Å². The van der Waals surface area contributed by atoms with Gasteiger partial charge in [-0.15, -0.1) is 0 Å². The molecule has 1 aliphatic carbocycles. The Balaban J connectivity index is 1.69. The van der Waals surface area contributed by atoms with Crippen LogP contribution >= 0.6 is 0 Å². The Morgan fingerprint density at radius 1 is 0.690 bits per heavy atom. The van der Waals surface area contributed by atoms with Gasteiger partial charge in [0.1, 0.15) is 0 Å². The Bertz CT molecular complexity index is 1260. The summed E-state index contributed by atoms with van der Waals surface area (Å²) in [5.41, 5.74) is 8.97. The molecule has 0 unspecified atom stereocenters. The number of nitrogens with zero attached hydrogens (tertiary/aromatic N) is 1. The van der Waals surface area contributed by atoms with E-state index in [1.807, 2.05) is 0 Å². The predicted octanol–water partition coefficient (Wildman–Crippen LogP) is 7.35. The van der Waals surface area contributed by atoms with Crippen LogP contribution in [0.5, 0.6) is 0 Å². The Morgan fingerprint density at radius 2 is 1.41 bits per heavy atom. The fourth-order valence-electron chi connectivity index (χ4n) is 3.81. The Morgan fingerprint density at radius 3 is 2.17 bits per heavy atom. The maximum atomic E-state index is 4.99. The molecule has 0 amide bonds. The second kappa shape index (κ2) is 7.06. The van der Waals surface area contributed by atoms with E-state index in [0.717, 1.165) is 28.3 Å². The van der Waals surface area contributed by atoms with Crippen molar-refractivity contribution in [3.63, 3.8) is 0 Å². The normalized spacial score (nSPS) is 13.8. The number of allylic oxidation sites excluding steroid dienone is 1. The summed E-state index contributed by atoms with van der Waals surface area (Å²) in [6.07, 6.45) is 4.29. The molecule has 29 heavy (non-hydrogen) atoms. The van der Waals surface area contributed by atoms with Gasteiger partial charge in [-0.3, -0.25) is 0 Å². The maximum absolute atomic E-state index is 4.99. The number of anilines is 2. The molecule has 0 saturated heterocycles. The van der Waals surface area contributed by atoms with Gasteiger partial charge >= 0.3 is 0 Å². The third-order valence-electron chi connectivity index (χ3n) is 5.37. The van der Waals surface area contributed by atoms with E-state index in [1.165, 1.54) is 27.5 Å². The summed E-state index contributed by atoms with van der Waals surface area (Å²) in [6, 6.07) is 27.6. The lowest BCUT2D eigenvalue weighted by molar-refractivity contribution is 1.43. The minimum atomic E-state index is 0.966. The molecule has 0 bridgehead atoms. The summed E-state index contributed by atoms with van der Waals surface area (Å²) in [7, 11) is 0. The van der Waals surface area contributed by atoms with Crippen LogP contribution in [0.1, 0.15) is 22.3 Å². The molecule has 0 aliphatic heterocycles. The van der Waals surface area contributed by atoms with E-state index < -0.39 is 0 Å². The molecule has 4 aromatic carbocycles. The van der Waals surface area contributed by atoms with E-state index >= 15 is 0 Å². The summed E-state index contributed by atoms with van der Waals surface area (Å²) < 4.78 is 0. The van der Waals surface area contributed by atoms with Gasteiger partial charge in [-0.2, -0.15) is 0 Å². The number of aryl methyl sites for hydroxylation is 2. The Kier molecular flexibility index (Phi) is 4.25. The smallest absolute Gasteiger partial charge is 0.0736 e. The van der Waals surface area contributed by atoms with Crippen LogP contribution in [0, 0.1) is 13.8 Å². The number of aliphatic imine (C=N–C) groups is 1. The molecule has 0 heterocycles. The van der Waals surface area contributed by atoms with E-state index in [4.69, 9.17) is 4.99 Å². The van der Waals surface area contributed by atoms with E-state index in [9.17, 15) is 0 Å². The predicted molar refractivity (Wildman–Crippen MR) is 125 cm³/mol. The maximum Gasteiger partial charge on any atom is 0.0736 e. The van der Waals surface area contributed by atoms with Crippen LogP contribution in [0.15, 0.2) is 89.9 Å². The molecular formula is C27H22N2. The fraction of sp³-hybridized carbons (Fsp3) is 0.0741. The van der Waals surface area contributed by atoms with Crippen molar-refractivity contribution in [2.45, 2.75) is 13.8 Å². The van der Waals surface area contributed by atoms with E-state index in [1.54, 1.807) is 0 Å². The van der Waals surface area contributed by atoms with Gasteiger partial charge in [0.15, 0.2) is 0 Å². The Labute approximate surface area is 171 Å². The molecule has 2 nitrogen and oxygen atoms in total. The SMILES string of the molecule is Cc1ccc(N=C2C=Cc3cccc4ccc(Nc5ccc(C)cc5)c2c34)cc1. The van der Waals surface area contributed by atoms with Crippen molar-refractivity contribution in [3.05, 3.63) is 107 Å². The molecule has 2 heteroatoms. The van der Waals surface area contributed by atoms with Crippen molar-refractivity contribution in [2.24, 2.45) is 4.99 Å². The van der Waals surface area contributed by atoms with Crippen molar-refractivity contribution in [3.8, 4) is 0 Å². The molecular weight excluding hydrogens is 352 g/mol. The zero-order valence-corrected chi connectivity index (χ0v) is 16.6. The molecule has 0 fully saturated rings. The molecule has 5 rings (SSSR count). The summed E-state index contributed by atoms with van der Waals surface area (Å²) >= 11 is 0. The molecule has 0 atom stereocenters. The molecule has 0 spiro atoms. The molecule has 0 radical (unpaired) electrons. The monoisotopic (exact) mass is 374 g/mol. The fourth-order valence-corrected chi connectivity index (χ4v) is 3.81. The molecule has 1 aliphatic rings. The first kappa shape index (κ1) is 17.4. The van der Waals surface area contributed by atoms with Gasteiger partial charge in [-0.1, -0.05) is 65.7 Å². The van der Waals surface area contributed by atoms with Gasteiger partial charge in [0.05, 0.1) is 11.4 Å². The number of nitrogens with one attached hydrogen (secondary N) is 1. The highest BCUT2D eigenvalue weighted by Crippen LogP contribution is 2.36. The van der Waals surface area contributed by atoms with Crippen LogP contribution in [0.4, 0.5) is 17.1 Å². The minimum Gasteiger partial charge on any atom is -0.355 e. The lowest BCUT2D eigenvalue weighted by atomic mass is 9.90.